The van der Waals surface area contributed by atoms with Gasteiger partial charge in [0, 0.05) is 18.3 Å². The van der Waals surface area contributed by atoms with Crippen LogP contribution >= 0.6 is 11.6 Å². The fraction of sp³-hybridized carbons (Fsp3) is 0.300. The lowest BCUT2D eigenvalue weighted by Gasteiger charge is -1.98. The third-order valence-corrected chi connectivity index (χ3v) is 2.69. The maximum atomic E-state index is 6.07. The van der Waals surface area contributed by atoms with Gasteiger partial charge in [-0.25, -0.2) is 9.97 Å². The van der Waals surface area contributed by atoms with E-state index in [-0.39, 0.29) is 0 Å². The van der Waals surface area contributed by atoms with Crippen molar-refractivity contribution >= 4 is 11.6 Å². The van der Waals surface area contributed by atoms with Gasteiger partial charge in [-0.05, 0) is 25.0 Å². The Morgan fingerprint density at radius 3 is 2.67 bits per heavy atom. The number of aromatic nitrogens is 4. The zero-order valence-corrected chi connectivity index (χ0v) is 8.72. The van der Waals surface area contributed by atoms with Crippen molar-refractivity contribution < 1.29 is 0 Å². The van der Waals surface area contributed by atoms with E-state index in [2.05, 4.69) is 15.1 Å². The molecule has 5 heteroatoms. The van der Waals surface area contributed by atoms with E-state index >= 15 is 0 Å². The summed E-state index contributed by atoms with van der Waals surface area (Å²) < 4.78 is 1.58. The van der Waals surface area contributed by atoms with Crippen LogP contribution in [0.1, 0.15) is 24.5 Å². The first-order chi connectivity index (χ1) is 7.34. The summed E-state index contributed by atoms with van der Waals surface area (Å²) in [4.78, 5) is 8.22. The van der Waals surface area contributed by atoms with Gasteiger partial charge >= 0.3 is 0 Å². The van der Waals surface area contributed by atoms with Gasteiger partial charge in [0.2, 0.25) is 0 Å². The summed E-state index contributed by atoms with van der Waals surface area (Å²) >= 11 is 6.07. The smallest absolute Gasteiger partial charge is 0.220 e. The lowest BCUT2D eigenvalue weighted by atomic mass is 10.3. The normalized spacial score (nSPS) is 15.5. The average Bonchev–Trinajstić information content (AvgIpc) is 3.04. The highest BCUT2D eigenvalue weighted by Crippen LogP contribution is 2.40. The molecule has 1 aliphatic carbocycles. The zero-order valence-electron chi connectivity index (χ0n) is 7.97. The van der Waals surface area contributed by atoms with Gasteiger partial charge in [0.05, 0.1) is 5.69 Å². The minimum Gasteiger partial charge on any atom is -0.220 e. The highest BCUT2D eigenvalue weighted by Gasteiger charge is 2.27. The van der Waals surface area contributed by atoms with Crippen molar-refractivity contribution in [3.05, 3.63) is 35.4 Å². The minimum absolute atomic E-state index is 0.523. The van der Waals surface area contributed by atoms with Gasteiger partial charge in [0.25, 0.3) is 5.95 Å². The minimum atomic E-state index is 0.523. The summed E-state index contributed by atoms with van der Waals surface area (Å²) in [7, 11) is 0. The van der Waals surface area contributed by atoms with Gasteiger partial charge in [0.1, 0.15) is 5.15 Å². The third-order valence-electron chi connectivity index (χ3n) is 2.42. The van der Waals surface area contributed by atoms with Gasteiger partial charge in [-0.3, -0.25) is 0 Å². The Bertz CT molecular complexity index is 475. The Labute approximate surface area is 91.9 Å². The molecule has 0 bridgehead atoms. The molecule has 0 atom stereocenters. The Morgan fingerprint density at radius 2 is 2.00 bits per heavy atom. The molecule has 4 nitrogen and oxygen atoms in total. The van der Waals surface area contributed by atoms with E-state index in [1.54, 1.807) is 23.1 Å². The van der Waals surface area contributed by atoms with Crippen molar-refractivity contribution in [3.63, 3.8) is 0 Å². The molecule has 0 radical (unpaired) electrons. The maximum Gasteiger partial charge on any atom is 0.251 e. The van der Waals surface area contributed by atoms with Crippen molar-refractivity contribution in [2.75, 3.05) is 0 Å². The third kappa shape index (κ3) is 1.61. The number of halogens is 1. The maximum absolute atomic E-state index is 6.07. The van der Waals surface area contributed by atoms with Gasteiger partial charge < -0.3 is 0 Å². The molecule has 2 aromatic rings. The highest BCUT2D eigenvalue weighted by atomic mass is 35.5. The molecule has 0 saturated heterocycles. The van der Waals surface area contributed by atoms with Gasteiger partial charge in [-0.15, -0.1) is 0 Å². The molecular weight excluding hydrogens is 212 g/mol. The molecule has 1 aliphatic rings. The summed E-state index contributed by atoms with van der Waals surface area (Å²) in [6, 6.07) is 3.66. The Morgan fingerprint density at radius 1 is 1.27 bits per heavy atom. The molecular formula is C10H9ClN4. The van der Waals surface area contributed by atoms with E-state index < -0.39 is 0 Å². The SMILES string of the molecule is Clc1cc(C2CC2)nn1-c1ncccn1. The first-order valence-electron chi connectivity index (χ1n) is 4.87. The predicted octanol–water partition coefficient (Wildman–Crippen LogP) is 2.19. The Hall–Kier alpha value is -1.42. The molecule has 0 amide bonds. The van der Waals surface area contributed by atoms with Crippen LogP contribution in [0.3, 0.4) is 0 Å². The molecule has 0 aliphatic heterocycles. The monoisotopic (exact) mass is 220 g/mol. The van der Waals surface area contributed by atoms with Crippen molar-refractivity contribution in [3.8, 4) is 5.95 Å². The summed E-state index contributed by atoms with van der Waals surface area (Å²) in [5, 5.41) is 4.97. The molecule has 0 spiro atoms. The molecule has 1 saturated carbocycles. The number of hydrogen-bond donors (Lipinski definition) is 0. The van der Waals surface area contributed by atoms with Crippen molar-refractivity contribution in [1.29, 1.82) is 0 Å². The zero-order chi connectivity index (χ0) is 10.3. The van der Waals surface area contributed by atoms with E-state index in [0.29, 0.717) is 17.0 Å². The second-order valence-corrected chi connectivity index (χ2v) is 4.01. The summed E-state index contributed by atoms with van der Waals surface area (Å²) in [6.07, 6.45) is 5.78. The molecule has 2 heterocycles. The average molecular weight is 221 g/mol. The molecule has 0 aromatic carbocycles. The van der Waals surface area contributed by atoms with Gasteiger partial charge in [0.15, 0.2) is 0 Å². The van der Waals surface area contributed by atoms with Crippen molar-refractivity contribution in [2.45, 2.75) is 18.8 Å². The molecule has 2 aromatic heterocycles. The summed E-state index contributed by atoms with van der Waals surface area (Å²) in [5.74, 6) is 1.11. The molecule has 0 N–H and O–H groups in total. The lowest BCUT2D eigenvalue weighted by Crippen LogP contribution is -2.02. The van der Waals surface area contributed by atoms with Crippen LogP contribution in [0.4, 0.5) is 0 Å². The standard InChI is InChI=1S/C10H9ClN4/c11-9-6-8(7-2-3-7)14-15(9)10-12-4-1-5-13-10/h1,4-7H,2-3H2. The molecule has 3 rings (SSSR count). The Kier molecular flexibility index (Phi) is 1.95. The van der Waals surface area contributed by atoms with Gasteiger partial charge in [-0.1, -0.05) is 11.6 Å². The molecule has 76 valence electrons. The summed E-state index contributed by atoms with van der Waals surface area (Å²) in [5.41, 5.74) is 1.05. The Balaban J connectivity index is 2.04. The first kappa shape index (κ1) is 8.85. The molecule has 1 fully saturated rings. The number of nitrogens with zero attached hydrogens (tertiary/aromatic N) is 4. The van der Waals surface area contributed by atoms with E-state index in [1.807, 2.05) is 6.07 Å². The van der Waals surface area contributed by atoms with E-state index in [1.165, 1.54) is 12.8 Å². The van der Waals surface area contributed by atoms with Crippen LogP contribution in [-0.4, -0.2) is 19.7 Å². The number of rotatable bonds is 2. The van der Waals surface area contributed by atoms with Crippen molar-refractivity contribution in [2.24, 2.45) is 0 Å². The van der Waals surface area contributed by atoms with Crippen LogP contribution in [0.5, 0.6) is 0 Å². The van der Waals surface area contributed by atoms with E-state index in [9.17, 15) is 0 Å². The number of hydrogen-bond acceptors (Lipinski definition) is 3. The molecule has 15 heavy (non-hydrogen) atoms. The second-order valence-electron chi connectivity index (χ2n) is 3.63. The van der Waals surface area contributed by atoms with Crippen LogP contribution in [0.2, 0.25) is 5.15 Å². The molecule has 0 unspecified atom stereocenters. The second kappa shape index (κ2) is 3.31. The predicted molar refractivity (Wildman–Crippen MR) is 56.1 cm³/mol. The van der Waals surface area contributed by atoms with E-state index in [0.717, 1.165) is 5.69 Å². The first-order valence-corrected chi connectivity index (χ1v) is 5.25. The van der Waals surface area contributed by atoms with Crippen molar-refractivity contribution in [1.82, 2.24) is 19.7 Å². The van der Waals surface area contributed by atoms with Crippen LogP contribution < -0.4 is 0 Å². The summed E-state index contributed by atoms with van der Waals surface area (Å²) in [6.45, 7) is 0. The van der Waals surface area contributed by atoms with Gasteiger partial charge in [-0.2, -0.15) is 9.78 Å². The lowest BCUT2D eigenvalue weighted by molar-refractivity contribution is 0.783. The fourth-order valence-electron chi connectivity index (χ4n) is 1.49. The van der Waals surface area contributed by atoms with E-state index in [4.69, 9.17) is 11.6 Å². The van der Waals surface area contributed by atoms with Crippen LogP contribution in [0, 0.1) is 0 Å². The largest absolute Gasteiger partial charge is 0.251 e. The van der Waals surface area contributed by atoms with Crippen LogP contribution in [0.25, 0.3) is 5.95 Å². The van der Waals surface area contributed by atoms with Crippen LogP contribution in [-0.2, 0) is 0 Å². The van der Waals surface area contributed by atoms with Crippen LogP contribution in [0.15, 0.2) is 24.5 Å². The highest BCUT2D eigenvalue weighted by molar-refractivity contribution is 6.29. The quantitative estimate of drug-likeness (QED) is 0.779. The fourth-order valence-corrected chi connectivity index (χ4v) is 1.72. The topological polar surface area (TPSA) is 43.6 Å².